The summed E-state index contributed by atoms with van der Waals surface area (Å²) in [4.78, 5) is 19.1. The summed E-state index contributed by atoms with van der Waals surface area (Å²) in [7, 11) is 0. The first kappa shape index (κ1) is 12.3. The monoisotopic (exact) mass is 274 g/mol. The summed E-state index contributed by atoms with van der Waals surface area (Å²) in [5.41, 5.74) is 4.37. The van der Waals surface area contributed by atoms with E-state index in [4.69, 9.17) is 0 Å². The minimum Gasteiger partial charge on any atom is -0.478 e. The molecule has 19 heavy (non-hydrogen) atoms. The quantitative estimate of drug-likeness (QED) is 0.933. The predicted molar refractivity (Wildman–Crippen MR) is 73.3 cm³/mol. The molecule has 0 fully saturated rings. The van der Waals surface area contributed by atoms with Gasteiger partial charge in [-0.2, -0.15) is 0 Å². The summed E-state index contributed by atoms with van der Waals surface area (Å²) in [6, 6.07) is 7.22. The number of fused-ring (bicyclic) bond motifs is 1. The smallest absolute Gasteiger partial charge is 0.336 e. The molecule has 0 radical (unpaired) electrons. The lowest BCUT2D eigenvalue weighted by atomic mass is 10.1. The molecule has 4 nitrogen and oxygen atoms in total. The molecule has 3 rings (SSSR count). The van der Waals surface area contributed by atoms with E-state index in [0.29, 0.717) is 12.1 Å². The second-order valence-corrected chi connectivity index (χ2v) is 5.58. The normalized spacial score (nSPS) is 15.2. The molecule has 2 heterocycles. The molecule has 1 aromatic heterocycles. The van der Waals surface area contributed by atoms with E-state index in [1.807, 2.05) is 17.6 Å². The lowest BCUT2D eigenvalue weighted by Gasteiger charge is -2.26. The van der Waals surface area contributed by atoms with Crippen LogP contribution in [0.4, 0.5) is 0 Å². The molecule has 1 aliphatic rings. The minimum absolute atomic E-state index is 0.401. The van der Waals surface area contributed by atoms with Crippen LogP contribution in [0.3, 0.4) is 0 Å². The molecule has 1 N–H and O–H groups in total. The summed E-state index contributed by atoms with van der Waals surface area (Å²) in [5.74, 6) is -0.855. The summed E-state index contributed by atoms with van der Waals surface area (Å²) < 4.78 is 0. The Labute approximate surface area is 115 Å². The Bertz CT molecular complexity index is 609. The average Bonchev–Trinajstić information content (AvgIpc) is 2.86. The zero-order valence-corrected chi connectivity index (χ0v) is 11.2. The Hall–Kier alpha value is -1.72. The Balaban J connectivity index is 1.78. The van der Waals surface area contributed by atoms with Crippen molar-refractivity contribution in [1.29, 1.82) is 0 Å². The van der Waals surface area contributed by atoms with Crippen molar-refractivity contribution in [2.45, 2.75) is 19.5 Å². The van der Waals surface area contributed by atoms with Gasteiger partial charge in [-0.3, -0.25) is 4.90 Å². The van der Waals surface area contributed by atoms with Gasteiger partial charge in [-0.25, -0.2) is 9.78 Å². The Morgan fingerprint density at radius 3 is 3.11 bits per heavy atom. The first-order valence-electron chi connectivity index (χ1n) is 6.19. The molecule has 1 aliphatic heterocycles. The topological polar surface area (TPSA) is 53.4 Å². The van der Waals surface area contributed by atoms with Crippen molar-refractivity contribution in [2.24, 2.45) is 0 Å². The number of nitrogens with zero attached hydrogens (tertiary/aromatic N) is 2. The van der Waals surface area contributed by atoms with Crippen molar-refractivity contribution in [3.05, 3.63) is 51.5 Å². The third-order valence-corrected chi connectivity index (χ3v) is 4.26. The molecule has 0 spiro atoms. The fraction of sp³-hybridized carbons (Fsp3) is 0.286. The Morgan fingerprint density at radius 1 is 1.42 bits per heavy atom. The molecule has 0 saturated heterocycles. The lowest BCUT2D eigenvalue weighted by molar-refractivity contribution is 0.0694. The van der Waals surface area contributed by atoms with E-state index < -0.39 is 5.97 Å². The number of rotatable bonds is 3. The highest BCUT2D eigenvalue weighted by molar-refractivity contribution is 7.09. The number of carbonyl (C=O) groups is 1. The molecular formula is C14H14N2O2S. The van der Waals surface area contributed by atoms with E-state index >= 15 is 0 Å². The standard InChI is InChI=1S/C14H14N2O2S/c17-14(18)11-4-2-1-3-10(11)7-16-6-5-12-13(8-16)19-9-15-12/h1-4,9H,5-8H2,(H,17,18). The summed E-state index contributed by atoms with van der Waals surface area (Å²) >= 11 is 1.68. The number of thiazole rings is 1. The second-order valence-electron chi connectivity index (χ2n) is 4.65. The molecule has 0 saturated carbocycles. The summed E-state index contributed by atoms with van der Waals surface area (Å²) in [6.45, 7) is 2.48. The maximum absolute atomic E-state index is 11.2. The van der Waals surface area contributed by atoms with Crippen LogP contribution in [0.2, 0.25) is 0 Å². The van der Waals surface area contributed by atoms with Crippen LogP contribution in [0.5, 0.6) is 0 Å². The Morgan fingerprint density at radius 2 is 2.26 bits per heavy atom. The van der Waals surface area contributed by atoms with Crippen molar-refractivity contribution >= 4 is 17.3 Å². The molecule has 0 unspecified atom stereocenters. The number of aromatic nitrogens is 1. The van der Waals surface area contributed by atoms with Crippen LogP contribution in [0.25, 0.3) is 0 Å². The van der Waals surface area contributed by atoms with Crippen LogP contribution in [-0.2, 0) is 19.5 Å². The molecule has 2 aromatic rings. The zero-order valence-electron chi connectivity index (χ0n) is 10.4. The minimum atomic E-state index is -0.855. The molecule has 1 aromatic carbocycles. The second kappa shape index (κ2) is 5.11. The van der Waals surface area contributed by atoms with Crippen LogP contribution in [0, 0.1) is 0 Å². The van der Waals surface area contributed by atoms with Gasteiger partial charge in [-0.05, 0) is 11.6 Å². The first-order valence-corrected chi connectivity index (χ1v) is 7.07. The number of carboxylic acids is 1. The fourth-order valence-corrected chi connectivity index (χ4v) is 3.27. The van der Waals surface area contributed by atoms with Crippen LogP contribution in [-0.4, -0.2) is 27.5 Å². The van der Waals surface area contributed by atoms with Gasteiger partial charge < -0.3 is 5.11 Å². The van der Waals surface area contributed by atoms with Crippen LogP contribution in [0.1, 0.15) is 26.5 Å². The zero-order chi connectivity index (χ0) is 13.2. The Kier molecular flexibility index (Phi) is 3.31. The number of carboxylic acid groups (broad SMARTS) is 1. The predicted octanol–water partition coefficient (Wildman–Crippen LogP) is 2.40. The van der Waals surface area contributed by atoms with Gasteiger partial charge in [0, 0.05) is 30.9 Å². The third-order valence-electron chi connectivity index (χ3n) is 3.40. The van der Waals surface area contributed by atoms with Gasteiger partial charge in [0.2, 0.25) is 0 Å². The molecule has 5 heteroatoms. The van der Waals surface area contributed by atoms with Gasteiger partial charge >= 0.3 is 5.97 Å². The highest BCUT2D eigenvalue weighted by atomic mass is 32.1. The fourth-order valence-electron chi connectivity index (χ4n) is 2.41. The van der Waals surface area contributed by atoms with Crippen LogP contribution < -0.4 is 0 Å². The van der Waals surface area contributed by atoms with E-state index in [1.54, 1.807) is 23.5 Å². The molecule has 0 bridgehead atoms. The van der Waals surface area contributed by atoms with Crippen molar-refractivity contribution in [2.75, 3.05) is 6.54 Å². The van der Waals surface area contributed by atoms with Gasteiger partial charge in [0.15, 0.2) is 0 Å². The molecule has 0 aliphatic carbocycles. The van der Waals surface area contributed by atoms with Crippen LogP contribution in [0.15, 0.2) is 29.8 Å². The van der Waals surface area contributed by atoms with Crippen molar-refractivity contribution in [3.8, 4) is 0 Å². The van der Waals surface area contributed by atoms with E-state index in [1.165, 1.54) is 10.6 Å². The number of hydrogen-bond donors (Lipinski definition) is 1. The average molecular weight is 274 g/mol. The van der Waals surface area contributed by atoms with Crippen LogP contribution >= 0.6 is 11.3 Å². The van der Waals surface area contributed by atoms with Gasteiger partial charge in [-0.15, -0.1) is 11.3 Å². The lowest BCUT2D eigenvalue weighted by Crippen LogP contribution is -2.30. The van der Waals surface area contributed by atoms with Gasteiger partial charge in [0.05, 0.1) is 16.8 Å². The van der Waals surface area contributed by atoms with Crippen molar-refractivity contribution in [3.63, 3.8) is 0 Å². The summed E-state index contributed by atoms with van der Waals surface area (Å²) in [5, 5.41) is 9.19. The number of benzene rings is 1. The highest BCUT2D eigenvalue weighted by Gasteiger charge is 2.20. The molecule has 0 atom stereocenters. The first-order chi connectivity index (χ1) is 9.24. The van der Waals surface area contributed by atoms with E-state index in [-0.39, 0.29) is 0 Å². The number of aromatic carboxylic acids is 1. The summed E-state index contributed by atoms with van der Waals surface area (Å²) in [6.07, 6.45) is 0.952. The van der Waals surface area contributed by atoms with Crippen molar-refractivity contribution < 1.29 is 9.90 Å². The van der Waals surface area contributed by atoms with Gasteiger partial charge in [0.1, 0.15) is 0 Å². The van der Waals surface area contributed by atoms with Crippen molar-refractivity contribution in [1.82, 2.24) is 9.88 Å². The SMILES string of the molecule is O=C(O)c1ccccc1CN1CCc2ncsc2C1. The highest BCUT2D eigenvalue weighted by Crippen LogP contribution is 2.23. The molecular weight excluding hydrogens is 260 g/mol. The maximum atomic E-state index is 11.2. The third kappa shape index (κ3) is 2.52. The molecule has 98 valence electrons. The van der Waals surface area contributed by atoms with E-state index in [2.05, 4.69) is 9.88 Å². The van der Waals surface area contributed by atoms with Gasteiger partial charge in [-0.1, -0.05) is 18.2 Å². The van der Waals surface area contributed by atoms with E-state index in [9.17, 15) is 9.90 Å². The van der Waals surface area contributed by atoms with E-state index in [0.717, 1.165) is 25.1 Å². The van der Waals surface area contributed by atoms with Gasteiger partial charge in [0.25, 0.3) is 0 Å². The maximum Gasteiger partial charge on any atom is 0.336 e. The largest absolute Gasteiger partial charge is 0.478 e. The number of hydrogen-bond acceptors (Lipinski definition) is 4. The molecule has 0 amide bonds.